The molecule has 1 N–H and O–H groups in total. The largest absolute Gasteiger partial charge is 0.573 e. The van der Waals surface area contributed by atoms with Crippen LogP contribution in [0.2, 0.25) is 0 Å². The predicted octanol–water partition coefficient (Wildman–Crippen LogP) is 3.48. The highest BCUT2D eigenvalue weighted by atomic mass is 32.2. The van der Waals surface area contributed by atoms with Crippen LogP contribution in [-0.4, -0.2) is 33.9 Å². The minimum Gasteiger partial charge on any atom is -0.491 e. The number of thioether (sulfide) groups is 1. The van der Waals surface area contributed by atoms with Gasteiger partial charge in [-0.15, -0.1) is 13.2 Å². The van der Waals surface area contributed by atoms with Gasteiger partial charge in [-0.25, -0.2) is 9.97 Å². The van der Waals surface area contributed by atoms with E-state index in [0.29, 0.717) is 16.6 Å². The quantitative estimate of drug-likeness (QED) is 0.401. The minimum atomic E-state index is -4.80. The Morgan fingerprint density at radius 2 is 1.88 bits per heavy atom. The van der Waals surface area contributed by atoms with E-state index in [1.165, 1.54) is 43.3 Å². The maximum Gasteiger partial charge on any atom is 0.573 e. The molecule has 0 spiro atoms. The van der Waals surface area contributed by atoms with Crippen molar-refractivity contribution >= 4 is 23.4 Å². The highest BCUT2D eigenvalue weighted by Gasteiger charge is 2.31. The molecule has 0 aliphatic heterocycles. The average Bonchev–Trinajstić information content (AvgIpc) is 2.74. The van der Waals surface area contributed by atoms with Crippen LogP contribution >= 0.6 is 11.8 Å². The molecule has 3 rings (SSSR count). The Morgan fingerprint density at radius 3 is 2.50 bits per heavy atom. The average molecular weight is 466 g/mol. The van der Waals surface area contributed by atoms with E-state index in [1.807, 2.05) is 0 Å². The van der Waals surface area contributed by atoms with Crippen molar-refractivity contribution in [3.05, 3.63) is 70.9 Å². The zero-order chi connectivity index (χ0) is 23.1. The lowest BCUT2D eigenvalue weighted by Crippen LogP contribution is -2.23. The van der Waals surface area contributed by atoms with Crippen LogP contribution in [0.15, 0.2) is 64.9 Å². The summed E-state index contributed by atoms with van der Waals surface area (Å²) in [5, 5.41) is 3.09. The number of alkyl halides is 3. The van der Waals surface area contributed by atoms with E-state index < -0.39 is 18.0 Å². The van der Waals surface area contributed by atoms with Gasteiger partial charge in [0, 0.05) is 35.6 Å². The fourth-order valence-corrected chi connectivity index (χ4v) is 3.41. The number of nitrogens with one attached hydrogen (secondary N) is 1. The molecule has 0 unspecified atom stereocenters. The second-order valence-electron chi connectivity index (χ2n) is 6.27. The summed E-state index contributed by atoms with van der Waals surface area (Å²) in [6, 6.07) is 7.80. The number of aromatic nitrogens is 3. The number of amides is 1. The van der Waals surface area contributed by atoms with Gasteiger partial charge >= 0.3 is 6.36 Å². The highest BCUT2D eigenvalue weighted by molar-refractivity contribution is 7.98. The lowest BCUT2D eigenvalue weighted by Gasteiger charge is -2.15. The molecule has 2 aromatic heterocycles. The molecule has 1 amide bonds. The second kappa shape index (κ2) is 10.2. The van der Waals surface area contributed by atoms with E-state index >= 15 is 0 Å². The molecular formula is C20H17F3N4O4S. The van der Waals surface area contributed by atoms with Crippen molar-refractivity contribution in [3.8, 4) is 11.5 Å². The lowest BCUT2D eigenvalue weighted by molar-refractivity contribution is -0.274. The Labute approximate surface area is 184 Å². The van der Waals surface area contributed by atoms with Crippen LogP contribution in [-0.2, 0) is 17.1 Å². The zero-order valence-electron chi connectivity index (χ0n) is 16.6. The molecule has 0 aliphatic carbocycles. The van der Waals surface area contributed by atoms with Gasteiger partial charge in [0.25, 0.3) is 0 Å². The van der Waals surface area contributed by atoms with Crippen molar-refractivity contribution in [3.63, 3.8) is 0 Å². The summed E-state index contributed by atoms with van der Waals surface area (Å²) in [7, 11) is 1.35. The summed E-state index contributed by atoms with van der Waals surface area (Å²) in [6.07, 6.45) is -0.193. The molecule has 3 aromatic rings. The van der Waals surface area contributed by atoms with Gasteiger partial charge in [-0.05, 0) is 30.3 Å². The molecule has 2 heterocycles. The Kier molecular flexibility index (Phi) is 7.36. The fourth-order valence-electron chi connectivity index (χ4n) is 2.61. The maximum absolute atomic E-state index is 12.5. The number of hydrogen-bond donors (Lipinski definition) is 1. The molecule has 0 bridgehead atoms. The first-order chi connectivity index (χ1) is 15.2. The van der Waals surface area contributed by atoms with Gasteiger partial charge in [0.2, 0.25) is 11.3 Å². The number of pyridine rings is 1. The SMILES string of the molecule is COc1cn(CC(=O)Nc2ccc(OC(F)(F)F)cc2)c(CSc2ncccn2)cc1=O. The molecule has 0 fully saturated rings. The molecule has 0 atom stereocenters. The standard InChI is InChI=1S/C20H17F3N4O4S/c1-30-17-10-27(14(9-16(17)28)12-32-19-24-7-2-8-25-19)11-18(29)26-13-3-5-15(6-4-13)31-20(21,22)23/h2-10H,11-12H2,1H3,(H,26,29). The highest BCUT2D eigenvalue weighted by Crippen LogP contribution is 2.24. The van der Waals surface area contributed by atoms with Crippen LogP contribution in [0.1, 0.15) is 5.69 Å². The van der Waals surface area contributed by atoms with Crippen LogP contribution in [0.5, 0.6) is 11.5 Å². The summed E-state index contributed by atoms with van der Waals surface area (Å²) < 4.78 is 47.2. The van der Waals surface area contributed by atoms with Gasteiger partial charge in [-0.2, -0.15) is 0 Å². The topological polar surface area (TPSA) is 95.3 Å². The number of nitrogens with zero attached hydrogens (tertiary/aromatic N) is 3. The van der Waals surface area contributed by atoms with Crippen LogP contribution in [0.3, 0.4) is 0 Å². The maximum atomic E-state index is 12.5. The second-order valence-corrected chi connectivity index (χ2v) is 7.21. The number of carbonyl (C=O) groups excluding carboxylic acids is 1. The summed E-state index contributed by atoms with van der Waals surface area (Å²) in [5.74, 6) is -0.471. The third-order valence-corrected chi connectivity index (χ3v) is 4.89. The number of halogens is 3. The van der Waals surface area contributed by atoms with Crippen molar-refractivity contribution in [1.82, 2.24) is 14.5 Å². The Balaban J connectivity index is 1.71. The van der Waals surface area contributed by atoms with E-state index in [2.05, 4.69) is 20.0 Å². The summed E-state index contributed by atoms with van der Waals surface area (Å²) in [6.45, 7) is -0.164. The van der Waals surface area contributed by atoms with Crippen LogP contribution < -0.4 is 20.2 Å². The molecule has 1 aromatic carbocycles. The summed E-state index contributed by atoms with van der Waals surface area (Å²) in [5.41, 5.74) is 0.484. The molecular weight excluding hydrogens is 449 g/mol. The molecule has 8 nitrogen and oxygen atoms in total. The smallest absolute Gasteiger partial charge is 0.491 e. The van der Waals surface area contributed by atoms with E-state index in [9.17, 15) is 22.8 Å². The molecule has 0 saturated carbocycles. The third-order valence-electron chi connectivity index (χ3n) is 3.98. The Bertz CT molecular complexity index is 1120. The number of anilines is 1. The van der Waals surface area contributed by atoms with Gasteiger partial charge in [-0.3, -0.25) is 9.59 Å². The zero-order valence-corrected chi connectivity index (χ0v) is 17.4. The monoisotopic (exact) mass is 466 g/mol. The fraction of sp³-hybridized carbons (Fsp3) is 0.200. The van der Waals surface area contributed by atoms with Gasteiger partial charge in [0.1, 0.15) is 12.3 Å². The molecule has 0 radical (unpaired) electrons. The van der Waals surface area contributed by atoms with Gasteiger partial charge in [-0.1, -0.05) is 11.8 Å². The summed E-state index contributed by atoms with van der Waals surface area (Å²) in [4.78, 5) is 32.9. The van der Waals surface area contributed by atoms with E-state index in [-0.39, 0.29) is 23.4 Å². The number of rotatable bonds is 8. The van der Waals surface area contributed by atoms with Crippen LogP contribution in [0.25, 0.3) is 0 Å². The van der Waals surface area contributed by atoms with Crippen LogP contribution in [0.4, 0.5) is 18.9 Å². The van der Waals surface area contributed by atoms with Crippen molar-refractivity contribution in [1.29, 1.82) is 0 Å². The first-order valence-corrected chi connectivity index (χ1v) is 10.0. The van der Waals surface area contributed by atoms with E-state index in [4.69, 9.17) is 4.74 Å². The first kappa shape index (κ1) is 23.1. The first-order valence-electron chi connectivity index (χ1n) is 9.06. The van der Waals surface area contributed by atoms with Crippen molar-refractivity contribution in [2.75, 3.05) is 12.4 Å². The number of hydrogen-bond acceptors (Lipinski definition) is 7. The van der Waals surface area contributed by atoms with E-state index in [1.54, 1.807) is 23.0 Å². The van der Waals surface area contributed by atoms with Crippen molar-refractivity contribution in [2.24, 2.45) is 0 Å². The normalized spacial score (nSPS) is 11.1. The van der Waals surface area contributed by atoms with Crippen molar-refractivity contribution < 1.29 is 27.4 Å². The van der Waals surface area contributed by atoms with Crippen molar-refractivity contribution in [2.45, 2.75) is 23.8 Å². The molecule has 12 heteroatoms. The van der Waals surface area contributed by atoms with E-state index in [0.717, 1.165) is 12.1 Å². The lowest BCUT2D eigenvalue weighted by atomic mass is 10.3. The molecule has 168 valence electrons. The molecule has 0 aliphatic rings. The van der Waals surface area contributed by atoms with Crippen LogP contribution in [0, 0.1) is 0 Å². The Hall–Kier alpha value is -3.54. The number of benzene rings is 1. The summed E-state index contributed by atoms with van der Waals surface area (Å²) >= 11 is 1.29. The van der Waals surface area contributed by atoms with Gasteiger partial charge in [0.05, 0.1) is 13.3 Å². The number of methoxy groups -OCH3 is 1. The molecule has 0 saturated heterocycles. The number of ether oxygens (including phenoxy) is 2. The Morgan fingerprint density at radius 1 is 1.19 bits per heavy atom. The third kappa shape index (κ3) is 6.74. The number of carbonyl (C=O) groups is 1. The predicted molar refractivity (Wildman–Crippen MR) is 111 cm³/mol. The van der Waals surface area contributed by atoms with Gasteiger partial charge in [0.15, 0.2) is 10.9 Å². The molecule has 32 heavy (non-hydrogen) atoms. The van der Waals surface area contributed by atoms with Gasteiger partial charge < -0.3 is 19.4 Å². The minimum absolute atomic E-state index is 0.0659.